The molecule has 2 aliphatic heterocycles. The van der Waals surface area contributed by atoms with Crippen molar-refractivity contribution in [3.05, 3.63) is 59.7 Å². The lowest BCUT2D eigenvalue weighted by molar-refractivity contribution is 0.108. The number of likely N-dealkylation sites (N-methyl/N-ethyl adjacent to an activating group) is 1. The van der Waals surface area contributed by atoms with Crippen LogP contribution >= 0.6 is 0 Å². The monoisotopic (exact) mass is 367 g/mol. The molecule has 2 amide bonds. The fourth-order valence-electron chi connectivity index (χ4n) is 3.60. The molecule has 4 rings (SSSR count). The SMILES string of the molecule is CN1CCN(C(=O)NCc2ccc3c(c2)OCCO3)C(c2ccccc2)C1. The first-order valence-electron chi connectivity index (χ1n) is 9.37. The second kappa shape index (κ2) is 7.88. The second-order valence-electron chi connectivity index (χ2n) is 7.02. The van der Waals surface area contributed by atoms with E-state index in [1.807, 2.05) is 41.3 Å². The molecule has 6 heteroatoms. The molecule has 2 aliphatic rings. The van der Waals surface area contributed by atoms with Crippen LogP contribution in [0.3, 0.4) is 0 Å². The Morgan fingerprint density at radius 1 is 1.07 bits per heavy atom. The van der Waals surface area contributed by atoms with Gasteiger partial charge in [-0.15, -0.1) is 0 Å². The lowest BCUT2D eigenvalue weighted by Crippen LogP contribution is -2.52. The number of amides is 2. The fraction of sp³-hybridized carbons (Fsp3) is 0.381. The highest BCUT2D eigenvalue weighted by atomic mass is 16.6. The zero-order valence-corrected chi connectivity index (χ0v) is 15.6. The summed E-state index contributed by atoms with van der Waals surface area (Å²) in [6.45, 7) is 4.02. The summed E-state index contributed by atoms with van der Waals surface area (Å²) in [6.07, 6.45) is 0. The molecule has 0 bridgehead atoms. The van der Waals surface area contributed by atoms with E-state index >= 15 is 0 Å². The molecule has 1 saturated heterocycles. The molecular formula is C21H25N3O3. The van der Waals surface area contributed by atoms with Crippen molar-refractivity contribution >= 4 is 6.03 Å². The topological polar surface area (TPSA) is 54.0 Å². The van der Waals surface area contributed by atoms with Gasteiger partial charge in [-0.05, 0) is 30.3 Å². The van der Waals surface area contributed by atoms with Gasteiger partial charge in [0, 0.05) is 26.2 Å². The van der Waals surface area contributed by atoms with Crippen LogP contribution < -0.4 is 14.8 Å². The average Bonchev–Trinajstić information content (AvgIpc) is 2.72. The maximum absolute atomic E-state index is 12.9. The van der Waals surface area contributed by atoms with Crippen LogP contribution in [0.5, 0.6) is 11.5 Å². The van der Waals surface area contributed by atoms with Crippen LogP contribution in [0, 0.1) is 0 Å². The van der Waals surface area contributed by atoms with Crippen molar-refractivity contribution in [1.29, 1.82) is 0 Å². The fourth-order valence-corrected chi connectivity index (χ4v) is 3.60. The molecule has 2 aromatic carbocycles. The highest BCUT2D eigenvalue weighted by Crippen LogP contribution is 2.31. The van der Waals surface area contributed by atoms with E-state index in [4.69, 9.17) is 9.47 Å². The van der Waals surface area contributed by atoms with E-state index < -0.39 is 0 Å². The van der Waals surface area contributed by atoms with Crippen LogP contribution in [-0.4, -0.2) is 55.7 Å². The van der Waals surface area contributed by atoms with Gasteiger partial charge in [-0.1, -0.05) is 36.4 Å². The van der Waals surface area contributed by atoms with Crippen LogP contribution in [0.1, 0.15) is 17.2 Å². The predicted octanol–water partition coefficient (Wildman–Crippen LogP) is 2.66. The summed E-state index contributed by atoms with van der Waals surface area (Å²) in [5.74, 6) is 1.51. The van der Waals surface area contributed by atoms with Gasteiger partial charge in [-0.2, -0.15) is 0 Å². The molecule has 27 heavy (non-hydrogen) atoms. The quantitative estimate of drug-likeness (QED) is 0.906. The Hall–Kier alpha value is -2.73. The summed E-state index contributed by atoms with van der Waals surface area (Å²) >= 11 is 0. The molecule has 1 unspecified atom stereocenters. The number of urea groups is 1. The highest BCUT2D eigenvalue weighted by Gasteiger charge is 2.30. The number of carbonyl (C=O) groups excluding carboxylic acids is 1. The van der Waals surface area contributed by atoms with Crippen LogP contribution in [-0.2, 0) is 6.54 Å². The van der Waals surface area contributed by atoms with Gasteiger partial charge in [0.05, 0.1) is 6.04 Å². The van der Waals surface area contributed by atoms with Crippen molar-refractivity contribution in [2.24, 2.45) is 0 Å². The predicted molar refractivity (Wildman–Crippen MR) is 103 cm³/mol. The molecule has 6 nitrogen and oxygen atoms in total. The molecule has 0 aromatic heterocycles. The zero-order chi connectivity index (χ0) is 18.6. The highest BCUT2D eigenvalue weighted by molar-refractivity contribution is 5.75. The van der Waals surface area contributed by atoms with Crippen LogP contribution in [0.4, 0.5) is 4.79 Å². The Labute approximate surface area is 159 Å². The first kappa shape index (κ1) is 17.7. The van der Waals surface area contributed by atoms with Gasteiger partial charge in [-0.3, -0.25) is 0 Å². The molecule has 142 valence electrons. The molecule has 2 aromatic rings. The number of hydrogen-bond acceptors (Lipinski definition) is 4. The summed E-state index contributed by atoms with van der Waals surface area (Å²) in [6, 6.07) is 16.1. The van der Waals surface area contributed by atoms with Gasteiger partial charge >= 0.3 is 6.03 Å². The number of rotatable bonds is 3. The normalized spacial score (nSPS) is 19.6. The third-order valence-corrected chi connectivity index (χ3v) is 5.08. The third kappa shape index (κ3) is 4.01. The van der Waals surface area contributed by atoms with Crippen LogP contribution in [0.15, 0.2) is 48.5 Å². The maximum Gasteiger partial charge on any atom is 0.318 e. The molecule has 0 radical (unpaired) electrons. The lowest BCUT2D eigenvalue weighted by Gasteiger charge is -2.40. The van der Waals surface area contributed by atoms with E-state index in [1.165, 1.54) is 5.56 Å². The smallest absolute Gasteiger partial charge is 0.318 e. The molecule has 0 spiro atoms. The van der Waals surface area contributed by atoms with E-state index in [-0.39, 0.29) is 12.1 Å². The molecule has 0 saturated carbocycles. The Bertz CT molecular complexity index is 797. The number of piperazine rings is 1. The van der Waals surface area contributed by atoms with Gasteiger partial charge in [-0.25, -0.2) is 4.79 Å². The van der Waals surface area contributed by atoms with E-state index in [9.17, 15) is 4.79 Å². The molecular weight excluding hydrogens is 342 g/mol. The first-order chi connectivity index (χ1) is 13.2. The first-order valence-corrected chi connectivity index (χ1v) is 9.37. The van der Waals surface area contributed by atoms with E-state index in [0.717, 1.165) is 30.2 Å². The molecule has 0 aliphatic carbocycles. The Balaban J connectivity index is 1.43. The number of nitrogens with one attached hydrogen (secondary N) is 1. The summed E-state index contributed by atoms with van der Waals surface area (Å²) in [5, 5.41) is 3.06. The largest absolute Gasteiger partial charge is 0.486 e. The van der Waals surface area contributed by atoms with Gasteiger partial charge < -0.3 is 24.6 Å². The van der Waals surface area contributed by atoms with Crippen LogP contribution in [0.25, 0.3) is 0 Å². The minimum atomic E-state index is -0.0353. The Morgan fingerprint density at radius 3 is 2.67 bits per heavy atom. The lowest BCUT2D eigenvalue weighted by atomic mass is 10.0. The molecule has 1 fully saturated rings. The summed E-state index contributed by atoms with van der Waals surface area (Å²) in [5.41, 5.74) is 2.16. The minimum Gasteiger partial charge on any atom is -0.486 e. The maximum atomic E-state index is 12.9. The van der Waals surface area contributed by atoms with Crippen LogP contribution in [0.2, 0.25) is 0 Å². The van der Waals surface area contributed by atoms with Crippen molar-refractivity contribution in [3.8, 4) is 11.5 Å². The van der Waals surface area contributed by atoms with Crippen molar-refractivity contribution in [2.45, 2.75) is 12.6 Å². The van der Waals surface area contributed by atoms with E-state index in [2.05, 4.69) is 29.4 Å². The van der Waals surface area contributed by atoms with Gasteiger partial charge in [0.1, 0.15) is 13.2 Å². The number of benzene rings is 2. The van der Waals surface area contributed by atoms with Crippen molar-refractivity contribution in [3.63, 3.8) is 0 Å². The molecule has 1 N–H and O–H groups in total. The number of fused-ring (bicyclic) bond motifs is 1. The van der Waals surface area contributed by atoms with E-state index in [0.29, 0.717) is 26.3 Å². The number of ether oxygens (including phenoxy) is 2. The van der Waals surface area contributed by atoms with Gasteiger partial charge in [0.2, 0.25) is 0 Å². The average molecular weight is 367 g/mol. The van der Waals surface area contributed by atoms with Crippen molar-refractivity contribution in [2.75, 3.05) is 39.9 Å². The molecule has 2 heterocycles. The Kier molecular flexibility index (Phi) is 5.16. The molecule has 1 atom stereocenters. The zero-order valence-electron chi connectivity index (χ0n) is 15.6. The van der Waals surface area contributed by atoms with Gasteiger partial charge in [0.15, 0.2) is 11.5 Å². The number of hydrogen-bond donors (Lipinski definition) is 1. The third-order valence-electron chi connectivity index (χ3n) is 5.08. The van der Waals surface area contributed by atoms with Crippen molar-refractivity contribution < 1.29 is 14.3 Å². The van der Waals surface area contributed by atoms with Crippen molar-refractivity contribution in [1.82, 2.24) is 15.1 Å². The summed E-state index contributed by atoms with van der Waals surface area (Å²) in [7, 11) is 2.10. The standard InChI is InChI=1S/C21H25N3O3/c1-23-9-10-24(18(15-23)17-5-3-2-4-6-17)21(25)22-14-16-7-8-19-20(13-16)27-12-11-26-19/h2-8,13,18H,9-12,14-15H2,1H3,(H,22,25). The minimum absolute atomic E-state index is 0.0353. The number of nitrogens with zero attached hydrogens (tertiary/aromatic N) is 2. The second-order valence-corrected chi connectivity index (χ2v) is 7.02. The summed E-state index contributed by atoms with van der Waals surface area (Å²) < 4.78 is 11.2. The summed E-state index contributed by atoms with van der Waals surface area (Å²) in [4.78, 5) is 17.1. The Morgan fingerprint density at radius 2 is 1.85 bits per heavy atom. The number of carbonyl (C=O) groups is 1. The van der Waals surface area contributed by atoms with E-state index in [1.54, 1.807) is 0 Å². The van der Waals surface area contributed by atoms with Gasteiger partial charge in [0.25, 0.3) is 0 Å².